The van der Waals surface area contributed by atoms with Crippen molar-refractivity contribution in [3.05, 3.63) is 59.7 Å². The molecule has 0 radical (unpaired) electrons. The van der Waals surface area contributed by atoms with Crippen LogP contribution in [0.5, 0.6) is 0 Å². The minimum atomic E-state index is -0.381. The van der Waals surface area contributed by atoms with Gasteiger partial charge in [0, 0.05) is 69.9 Å². The second-order valence-corrected chi connectivity index (χ2v) is 11.1. The summed E-state index contributed by atoms with van der Waals surface area (Å²) in [6.07, 6.45) is 9.16. The van der Waals surface area contributed by atoms with Gasteiger partial charge in [0.15, 0.2) is 11.6 Å². The van der Waals surface area contributed by atoms with Crippen molar-refractivity contribution in [2.24, 2.45) is 0 Å². The molecule has 3 aliphatic rings. The molecule has 0 bridgehead atoms. The summed E-state index contributed by atoms with van der Waals surface area (Å²) in [5, 5.41) is 5.94. The van der Waals surface area contributed by atoms with Gasteiger partial charge >= 0.3 is 0 Å². The number of carbonyl (C=O) groups excluding carboxylic acids is 3. The molecule has 220 valence electrons. The third-order valence-electron chi connectivity index (χ3n) is 7.94. The standard InChI is InChI=1S/C30H36N8O4/c1-20-17-31-18-26(33-20)37-14-12-36(13-15-37)25-8-7-22(28(40)32-9-3-11-38-10-2-4-27(38)39)16-23(25)34-29(41)24-19-42-30(35-24)21-5-6-21/h7-8,16-19,21H,2-6,9-15H2,1H3,(H,32,40)(H,34,41). The molecule has 3 aromatic rings. The van der Waals surface area contributed by atoms with Crippen molar-refractivity contribution in [2.45, 2.75) is 44.9 Å². The molecule has 0 atom stereocenters. The molecule has 2 N–H and O–H groups in total. The largest absolute Gasteiger partial charge is 0.448 e. The summed E-state index contributed by atoms with van der Waals surface area (Å²) < 4.78 is 5.53. The number of amides is 3. The van der Waals surface area contributed by atoms with Gasteiger partial charge in [-0.05, 0) is 50.8 Å². The van der Waals surface area contributed by atoms with Crippen LogP contribution in [-0.2, 0) is 4.79 Å². The number of hydrogen-bond donors (Lipinski definition) is 2. The molecule has 2 aromatic heterocycles. The quantitative estimate of drug-likeness (QED) is 0.351. The molecule has 0 unspecified atom stereocenters. The van der Waals surface area contributed by atoms with E-state index >= 15 is 0 Å². The number of nitrogens with zero attached hydrogens (tertiary/aromatic N) is 6. The minimum Gasteiger partial charge on any atom is -0.448 e. The molecule has 12 nitrogen and oxygen atoms in total. The Morgan fingerprint density at radius 1 is 1.02 bits per heavy atom. The van der Waals surface area contributed by atoms with Gasteiger partial charge in [0.25, 0.3) is 11.8 Å². The van der Waals surface area contributed by atoms with Crippen molar-refractivity contribution in [3.63, 3.8) is 0 Å². The SMILES string of the molecule is Cc1cncc(N2CCN(c3ccc(C(=O)NCCCN4CCCC4=O)cc3NC(=O)c3coc(C4CC4)n3)CC2)n1. The van der Waals surface area contributed by atoms with Crippen LogP contribution in [0.2, 0.25) is 0 Å². The number of hydrogen-bond acceptors (Lipinski definition) is 9. The molecule has 42 heavy (non-hydrogen) atoms. The molecule has 3 fully saturated rings. The number of aromatic nitrogens is 3. The van der Waals surface area contributed by atoms with Crippen LogP contribution in [0.3, 0.4) is 0 Å². The van der Waals surface area contributed by atoms with Crippen molar-refractivity contribution in [2.75, 3.05) is 60.9 Å². The van der Waals surface area contributed by atoms with Crippen LogP contribution in [0, 0.1) is 6.92 Å². The minimum absolute atomic E-state index is 0.182. The van der Waals surface area contributed by atoms with E-state index in [0.717, 1.165) is 56.1 Å². The van der Waals surface area contributed by atoms with Crippen molar-refractivity contribution in [3.8, 4) is 0 Å². The maximum atomic E-state index is 13.2. The fraction of sp³-hybridized carbons (Fsp3) is 0.467. The summed E-state index contributed by atoms with van der Waals surface area (Å²) in [5.74, 6) is 1.31. The van der Waals surface area contributed by atoms with E-state index in [1.165, 1.54) is 6.26 Å². The first-order chi connectivity index (χ1) is 20.4. The summed E-state index contributed by atoms with van der Waals surface area (Å²) in [6, 6.07) is 5.38. The van der Waals surface area contributed by atoms with E-state index in [1.54, 1.807) is 24.5 Å². The molecule has 1 saturated carbocycles. The van der Waals surface area contributed by atoms with Crippen LogP contribution in [0.4, 0.5) is 17.2 Å². The zero-order valence-electron chi connectivity index (χ0n) is 23.8. The van der Waals surface area contributed by atoms with E-state index < -0.39 is 0 Å². The lowest BCUT2D eigenvalue weighted by atomic mass is 10.1. The van der Waals surface area contributed by atoms with E-state index in [9.17, 15) is 14.4 Å². The fourth-order valence-corrected chi connectivity index (χ4v) is 5.44. The van der Waals surface area contributed by atoms with Crippen LogP contribution < -0.4 is 20.4 Å². The molecular formula is C30H36N8O4. The van der Waals surface area contributed by atoms with Gasteiger partial charge in [-0.25, -0.2) is 9.97 Å². The monoisotopic (exact) mass is 572 g/mol. The van der Waals surface area contributed by atoms with Crippen molar-refractivity contribution < 1.29 is 18.8 Å². The van der Waals surface area contributed by atoms with Gasteiger partial charge < -0.3 is 29.8 Å². The van der Waals surface area contributed by atoms with Gasteiger partial charge in [0.05, 0.1) is 23.3 Å². The topological polar surface area (TPSA) is 137 Å². The first kappa shape index (κ1) is 27.7. The Labute approximate surface area is 244 Å². The average Bonchev–Trinajstić information content (AvgIpc) is 3.58. The highest BCUT2D eigenvalue weighted by atomic mass is 16.3. The summed E-state index contributed by atoms with van der Waals surface area (Å²) in [4.78, 5) is 57.6. The summed E-state index contributed by atoms with van der Waals surface area (Å²) >= 11 is 0. The van der Waals surface area contributed by atoms with Crippen molar-refractivity contribution in [1.82, 2.24) is 25.2 Å². The van der Waals surface area contributed by atoms with E-state index in [1.807, 2.05) is 17.9 Å². The van der Waals surface area contributed by atoms with Gasteiger partial charge in [-0.15, -0.1) is 0 Å². The number of aryl methyl sites for hydroxylation is 1. The maximum absolute atomic E-state index is 13.2. The summed E-state index contributed by atoms with van der Waals surface area (Å²) in [7, 11) is 0. The highest BCUT2D eigenvalue weighted by molar-refractivity contribution is 6.06. The summed E-state index contributed by atoms with van der Waals surface area (Å²) in [6.45, 7) is 6.69. The Morgan fingerprint density at radius 2 is 1.83 bits per heavy atom. The third-order valence-corrected chi connectivity index (χ3v) is 7.94. The molecule has 3 amide bonds. The van der Waals surface area contributed by atoms with E-state index in [4.69, 9.17) is 4.42 Å². The number of benzene rings is 1. The first-order valence-corrected chi connectivity index (χ1v) is 14.7. The number of carbonyl (C=O) groups is 3. The number of nitrogens with one attached hydrogen (secondary N) is 2. The second kappa shape index (κ2) is 12.2. The van der Waals surface area contributed by atoms with Crippen LogP contribution in [0.15, 0.2) is 41.3 Å². The average molecular weight is 573 g/mol. The van der Waals surface area contributed by atoms with Gasteiger partial charge in [0.1, 0.15) is 12.1 Å². The molecule has 1 aromatic carbocycles. The van der Waals surface area contributed by atoms with E-state index in [0.29, 0.717) is 62.1 Å². The van der Waals surface area contributed by atoms with Crippen LogP contribution in [0.25, 0.3) is 0 Å². The zero-order chi connectivity index (χ0) is 29.1. The second-order valence-electron chi connectivity index (χ2n) is 11.1. The normalized spacial score (nSPS) is 17.1. The number of anilines is 3. The molecule has 1 aliphatic carbocycles. The Hall–Kier alpha value is -4.48. The van der Waals surface area contributed by atoms with E-state index in [2.05, 4.69) is 35.4 Å². The highest BCUT2D eigenvalue weighted by Gasteiger charge is 2.30. The van der Waals surface area contributed by atoms with Gasteiger partial charge in [-0.2, -0.15) is 0 Å². The van der Waals surface area contributed by atoms with Crippen molar-refractivity contribution in [1.29, 1.82) is 0 Å². The van der Waals surface area contributed by atoms with Gasteiger partial charge in [-0.1, -0.05) is 0 Å². The number of rotatable bonds is 10. The Kier molecular flexibility index (Phi) is 8.02. The maximum Gasteiger partial charge on any atom is 0.277 e. The zero-order valence-corrected chi connectivity index (χ0v) is 23.8. The number of piperazine rings is 1. The Balaban J connectivity index is 1.15. The lowest BCUT2D eigenvalue weighted by Crippen LogP contribution is -2.47. The van der Waals surface area contributed by atoms with Crippen LogP contribution in [-0.4, -0.2) is 83.4 Å². The molecule has 4 heterocycles. The fourth-order valence-electron chi connectivity index (χ4n) is 5.44. The van der Waals surface area contributed by atoms with Crippen LogP contribution in [0.1, 0.15) is 70.5 Å². The van der Waals surface area contributed by atoms with Crippen molar-refractivity contribution >= 4 is 34.9 Å². The molecule has 12 heteroatoms. The van der Waals surface area contributed by atoms with Gasteiger partial charge in [0.2, 0.25) is 5.91 Å². The molecular weight excluding hydrogens is 536 g/mol. The lowest BCUT2D eigenvalue weighted by molar-refractivity contribution is -0.127. The van der Waals surface area contributed by atoms with E-state index in [-0.39, 0.29) is 23.4 Å². The number of oxazole rings is 1. The highest BCUT2D eigenvalue weighted by Crippen LogP contribution is 2.39. The molecule has 6 rings (SSSR count). The molecule has 2 saturated heterocycles. The predicted molar refractivity (Wildman–Crippen MR) is 157 cm³/mol. The molecule has 0 spiro atoms. The lowest BCUT2D eigenvalue weighted by Gasteiger charge is -2.37. The smallest absolute Gasteiger partial charge is 0.277 e. The summed E-state index contributed by atoms with van der Waals surface area (Å²) in [5.41, 5.74) is 2.90. The third kappa shape index (κ3) is 6.37. The number of likely N-dealkylation sites (tertiary alicyclic amines) is 1. The Morgan fingerprint density at radius 3 is 2.57 bits per heavy atom. The van der Waals surface area contributed by atoms with Gasteiger partial charge in [-0.3, -0.25) is 19.4 Å². The Bertz CT molecular complexity index is 1460. The van der Waals surface area contributed by atoms with Crippen LogP contribution >= 0.6 is 0 Å². The first-order valence-electron chi connectivity index (χ1n) is 14.7. The predicted octanol–water partition coefficient (Wildman–Crippen LogP) is 2.97. The molecule has 2 aliphatic heterocycles.